The maximum absolute atomic E-state index is 5.89. The lowest BCUT2D eigenvalue weighted by atomic mass is 10.2. The number of para-hydroxylation sites is 1. The number of anilines is 1. The number of fused-ring (bicyclic) bond motifs is 1. The number of nitrogens with one attached hydrogen (secondary N) is 1. The van der Waals surface area contributed by atoms with Crippen molar-refractivity contribution in [2.75, 3.05) is 5.32 Å². The lowest BCUT2D eigenvalue weighted by molar-refractivity contribution is 0.526. The maximum atomic E-state index is 5.89. The zero-order valence-electron chi connectivity index (χ0n) is 11.5. The Hall–Kier alpha value is -1.74. The summed E-state index contributed by atoms with van der Waals surface area (Å²) in [7, 11) is 0. The average molecular weight is 330 g/mol. The van der Waals surface area contributed by atoms with Gasteiger partial charge in [-0.3, -0.25) is 0 Å². The van der Waals surface area contributed by atoms with Gasteiger partial charge in [0.05, 0.1) is 6.04 Å². The lowest BCUT2D eigenvalue weighted by Gasteiger charge is -2.15. The van der Waals surface area contributed by atoms with Crippen LogP contribution in [0.2, 0.25) is 0 Å². The van der Waals surface area contributed by atoms with Gasteiger partial charge in [-0.1, -0.05) is 30.3 Å². The molecule has 0 aliphatic heterocycles. The molecule has 0 bridgehead atoms. The number of benzene rings is 2. The summed E-state index contributed by atoms with van der Waals surface area (Å²) in [6.07, 6.45) is 0. The fraction of sp³-hybridized carbons (Fsp3) is 0.176. The molecule has 0 saturated carbocycles. The summed E-state index contributed by atoms with van der Waals surface area (Å²) in [6, 6.07) is 16.5. The zero-order valence-corrected chi connectivity index (χ0v) is 13.1. The largest absolute Gasteiger partial charge is 0.459 e. The van der Waals surface area contributed by atoms with Crippen LogP contribution in [0, 0.1) is 6.92 Å². The Bertz CT molecular complexity index is 715. The fourth-order valence-electron chi connectivity index (χ4n) is 2.28. The summed E-state index contributed by atoms with van der Waals surface area (Å²) in [5.41, 5.74) is 3.23. The third-order valence-corrected chi connectivity index (χ3v) is 4.49. The number of aryl methyl sites for hydroxylation is 1. The standard InChI is InChI=1S/C17H16BrNO/c1-11-6-5-8-14(17(11)18)19-12(2)16-10-13-7-3-4-9-15(13)20-16/h3-10,12,19H,1-2H3. The predicted octanol–water partition coefficient (Wildman–Crippen LogP) is 5.68. The van der Waals surface area contributed by atoms with Crippen LogP contribution in [0.1, 0.15) is 24.3 Å². The van der Waals surface area contributed by atoms with E-state index < -0.39 is 0 Å². The molecule has 1 unspecified atom stereocenters. The van der Waals surface area contributed by atoms with Crippen LogP contribution >= 0.6 is 15.9 Å². The van der Waals surface area contributed by atoms with Crippen LogP contribution in [-0.4, -0.2) is 0 Å². The van der Waals surface area contributed by atoms with Gasteiger partial charge in [-0.05, 0) is 53.5 Å². The van der Waals surface area contributed by atoms with Crippen LogP contribution in [0.15, 0.2) is 57.4 Å². The Labute approximate surface area is 126 Å². The van der Waals surface area contributed by atoms with Crippen LogP contribution in [0.5, 0.6) is 0 Å². The van der Waals surface area contributed by atoms with E-state index in [2.05, 4.69) is 59.4 Å². The molecule has 0 fully saturated rings. The predicted molar refractivity (Wildman–Crippen MR) is 87.1 cm³/mol. The first-order valence-electron chi connectivity index (χ1n) is 6.65. The smallest absolute Gasteiger partial charge is 0.134 e. The van der Waals surface area contributed by atoms with Crippen molar-refractivity contribution in [1.82, 2.24) is 0 Å². The van der Waals surface area contributed by atoms with Crippen LogP contribution < -0.4 is 5.32 Å². The molecule has 2 aromatic carbocycles. The second-order valence-corrected chi connectivity index (χ2v) is 5.78. The average Bonchev–Trinajstić information content (AvgIpc) is 2.88. The molecule has 0 spiro atoms. The van der Waals surface area contributed by atoms with E-state index in [0.29, 0.717) is 0 Å². The van der Waals surface area contributed by atoms with Crippen LogP contribution in [0.25, 0.3) is 11.0 Å². The number of hydrogen-bond donors (Lipinski definition) is 1. The molecular formula is C17H16BrNO. The molecule has 0 aliphatic rings. The van der Waals surface area contributed by atoms with E-state index in [1.807, 2.05) is 24.3 Å². The van der Waals surface area contributed by atoms with Gasteiger partial charge < -0.3 is 9.73 Å². The van der Waals surface area contributed by atoms with Gasteiger partial charge in [-0.15, -0.1) is 0 Å². The molecule has 0 amide bonds. The molecule has 0 radical (unpaired) electrons. The first-order chi connectivity index (χ1) is 9.65. The second kappa shape index (κ2) is 5.33. The molecule has 3 rings (SSSR count). The van der Waals surface area contributed by atoms with Crippen molar-refractivity contribution < 1.29 is 4.42 Å². The minimum Gasteiger partial charge on any atom is -0.459 e. The van der Waals surface area contributed by atoms with E-state index in [1.165, 1.54) is 5.56 Å². The Balaban J connectivity index is 1.89. The zero-order chi connectivity index (χ0) is 14.1. The van der Waals surface area contributed by atoms with Crippen molar-refractivity contribution in [3.8, 4) is 0 Å². The summed E-state index contributed by atoms with van der Waals surface area (Å²) < 4.78 is 6.99. The molecular weight excluding hydrogens is 314 g/mol. The Morgan fingerprint density at radius 2 is 1.90 bits per heavy atom. The third-order valence-electron chi connectivity index (χ3n) is 3.44. The second-order valence-electron chi connectivity index (χ2n) is 4.99. The minimum atomic E-state index is 0.112. The van der Waals surface area contributed by atoms with Gasteiger partial charge >= 0.3 is 0 Å². The molecule has 20 heavy (non-hydrogen) atoms. The van der Waals surface area contributed by atoms with Crippen LogP contribution in [0.3, 0.4) is 0 Å². The minimum absolute atomic E-state index is 0.112. The number of furan rings is 1. The third kappa shape index (κ3) is 2.46. The van der Waals surface area contributed by atoms with Gasteiger partial charge in [0.15, 0.2) is 0 Å². The molecule has 0 saturated heterocycles. The highest BCUT2D eigenvalue weighted by atomic mass is 79.9. The summed E-state index contributed by atoms with van der Waals surface area (Å²) in [5, 5.41) is 4.63. The quantitative estimate of drug-likeness (QED) is 0.669. The Kier molecular flexibility index (Phi) is 3.53. The first-order valence-corrected chi connectivity index (χ1v) is 7.44. The molecule has 3 heteroatoms. The van der Waals surface area contributed by atoms with Gasteiger partial charge in [0.2, 0.25) is 0 Å². The number of rotatable bonds is 3. The van der Waals surface area contributed by atoms with Crippen molar-refractivity contribution >= 4 is 32.6 Å². The van der Waals surface area contributed by atoms with Crippen LogP contribution in [-0.2, 0) is 0 Å². The van der Waals surface area contributed by atoms with Gasteiger partial charge in [0.1, 0.15) is 11.3 Å². The highest BCUT2D eigenvalue weighted by Crippen LogP contribution is 2.31. The molecule has 3 aromatic rings. The molecule has 2 nitrogen and oxygen atoms in total. The van der Waals surface area contributed by atoms with Crippen molar-refractivity contribution in [2.45, 2.75) is 19.9 Å². The maximum Gasteiger partial charge on any atom is 0.134 e. The fourth-order valence-corrected chi connectivity index (χ4v) is 2.66. The summed E-state index contributed by atoms with van der Waals surface area (Å²) in [6.45, 7) is 4.19. The molecule has 1 heterocycles. The number of hydrogen-bond acceptors (Lipinski definition) is 2. The lowest BCUT2D eigenvalue weighted by Crippen LogP contribution is -2.06. The van der Waals surface area contributed by atoms with E-state index in [9.17, 15) is 0 Å². The van der Waals surface area contributed by atoms with E-state index in [-0.39, 0.29) is 6.04 Å². The molecule has 102 valence electrons. The van der Waals surface area contributed by atoms with Gasteiger partial charge in [-0.25, -0.2) is 0 Å². The molecule has 1 atom stereocenters. The van der Waals surface area contributed by atoms with E-state index in [0.717, 1.165) is 26.9 Å². The summed E-state index contributed by atoms with van der Waals surface area (Å²) >= 11 is 3.62. The highest BCUT2D eigenvalue weighted by Gasteiger charge is 2.13. The van der Waals surface area contributed by atoms with E-state index in [1.54, 1.807) is 0 Å². The molecule has 1 aromatic heterocycles. The van der Waals surface area contributed by atoms with E-state index in [4.69, 9.17) is 4.42 Å². The normalized spacial score (nSPS) is 12.6. The van der Waals surface area contributed by atoms with Crippen molar-refractivity contribution in [3.05, 3.63) is 64.3 Å². The van der Waals surface area contributed by atoms with Crippen LogP contribution in [0.4, 0.5) is 5.69 Å². The van der Waals surface area contributed by atoms with Gasteiger partial charge in [0.25, 0.3) is 0 Å². The van der Waals surface area contributed by atoms with Gasteiger partial charge in [-0.2, -0.15) is 0 Å². The van der Waals surface area contributed by atoms with Crippen molar-refractivity contribution in [1.29, 1.82) is 0 Å². The van der Waals surface area contributed by atoms with Crippen molar-refractivity contribution in [3.63, 3.8) is 0 Å². The Morgan fingerprint density at radius 1 is 1.10 bits per heavy atom. The molecule has 0 aliphatic carbocycles. The van der Waals surface area contributed by atoms with Gasteiger partial charge in [0, 0.05) is 15.5 Å². The SMILES string of the molecule is Cc1cccc(NC(C)c2cc3ccccc3o2)c1Br. The number of halogens is 1. The van der Waals surface area contributed by atoms with E-state index >= 15 is 0 Å². The summed E-state index contributed by atoms with van der Waals surface area (Å²) in [4.78, 5) is 0. The molecule has 1 N–H and O–H groups in total. The first kappa shape index (κ1) is 13.3. The van der Waals surface area contributed by atoms with Crippen molar-refractivity contribution in [2.24, 2.45) is 0 Å². The topological polar surface area (TPSA) is 25.2 Å². The monoisotopic (exact) mass is 329 g/mol. The summed E-state index contributed by atoms with van der Waals surface area (Å²) in [5.74, 6) is 0.944. The Morgan fingerprint density at radius 3 is 2.70 bits per heavy atom. The highest BCUT2D eigenvalue weighted by molar-refractivity contribution is 9.10.